The molecule has 0 aliphatic carbocycles. The summed E-state index contributed by atoms with van der Waals surface area (Å²) in [6.45, 7) is 3.13. The molecule has 1 aromatic heterocycles. The number of amides is 1. The average molecular weight is 309 g/mol. The van der Waals surface area contributed by atoms with Crippen molar-refractivity contribution in [1.29, 1.82) is 0 Å². The largest absolute Gasteiger partial charge is 0.354 e. The SMILES string of the molecule is CC(C)(C(=O)NCCc1nc2ccccc2[nH]1)S(C)(=O)=O. The van der Waals surface area contributed by atoms with E-state index in [1.54, 1.807) is 0 Å². The van der Waals surface area contributed by atoms with E-state index < -0.39 is 20.5 Å². The molecule has 0 atom stereocenters. The number of carbonyl (C=O) groups excluding carboxylic acids is 1. The Morgan fingerprint density at radius 2 is 2.00 bits per heavy atom. The minimum atomic E-state index is -3.45. The van der Waals surface area contributed by atoms with Crippen molar-refractivity contribution in [2.45, 2.75) is 25.0 Å². The molecule has 0 aliphatic rings. The highest BCUT2D eigenvalue weighted by Crippen LogP contribution is 2.15. The number of carbonyl (C=O) groups is 1. The molecule has 1 heterocycles. The summed E-state index contributed by atoms with van der Waals surface area (Å²) >= 11 is 0. The number of hydrogen-bond acceptors (Lipinski definition) is 4. The van der Waals surface area contributed by atoms with Gasteiger partial charge in [-0.3, -0.25) is 4.79 Å². The Balaban J connectivity index is 1.97. The molecule has 21 heavy (non-hydrogen) atoms. The van der Waals surface area contributed by atoms with Crippen molar-refractivity contribution in [3.05, 3.63) is 30.1 Å². The van der Waals surface area contributed by atoms with Crippen LogP contribution >= 0.6 is 0 Å². The normalized spacial score (nSPS) is 12.5. The minimum Gasteiger partial charge on any atom is -0.354 e. The first-order chi connectivity index (χ1) is 9.72. The van der Waals surface area contributed by atoms with E-state index in [0.29, 0.717) is 13.0 Å². The first kappa shape index (κ1) is 15.5. The van der Waals surface area contributed by atoms with E-state index in [4.69, 9.17) is 0 Å². The van der Waals surface area contributed by atoms with Crippen LogP contribution in [0.3, 0.4) is 0 Å². The van der Waals surface area contributed by atoms with Crippen LogP contribution in [0.2, 0.25) is 0 Å². The number of H-pyrrole nitrogens is 1. The topological polar surface area (TPSA) is 91.9 Å². The standard InChI is InChI=1S/C14H19N3O3S/c1-14(2,21(3,19)20)13(18)15-9-8-12-16-10-6-4-5-7-11(10)17-12/h4-7H,8-9H2,1-3H3,(H,15,18)(H,16,17). The molecule has 0 radical (unpaired) electrons. The Bertz CT molecular complexity index is 730. The van der Waals surface area contributed by atoms with Gasteiger partial charge in [0.25, 0.3) is 0 Å². The van der Waals surface area contributed by atoms with Gasteiger partial charge in [0, 0.05) is 19.2 Å². The van der Waals surface area contributed by atoms with Crippen LogP contribution in [-0.4, -0.2) is 41.8 Å². The lowest BCUT2D eigenvalue weighted by Crippen LogP contribution is -2.48. The molecular weight excluding hydrogens is 290 g/mol. The van der Waals surface area contributed by atoms with Crippen molar-refractivity contribution >= 4 is 26.8 Å². The van der Waals surface area contributed by atoms with Crippen LogP contribution in [-0.2, 0) is 21.1 Å². The maximum absolute atomic E-state index is 12.0. The fourth-order valence-corrected chi connectivity index (χ4v) is 2.21. The third-order valence-corrected chi connectivity index (χ3v) is 5.60. The number of imidazole rings is 1. The summed E-state index contributed by atoms with van der Waals surface area (Å²) in [6.07, 6.45) is 1.58. The predicted molar refractivity (Wildman–Crippen MR) is 81.7 cm³/mol. The zero-order valence-electron chi connectivity index (χ0n) is 12.3. The number of fused-ring (bicyclic) bond motifs is 1. The summed E-state index contributed by atoms with van der Waals surface area (Å²) < 4.78 is 21.7. The number of nitrogens with one attached hydrogen (secondary N) is 2. The molecule has 2 N–H and O–H groups in total. The first-order valence-electron chi connectivity index (χ1n) is 6.63. The van der Waals surface area contributed by atoms with Crippen molar-refractivity contribution < 1.29 is 13.2 Å². The lowest BCUT2D eigenvalue weighted by molar-refractivity contribution is -0.122. The van der Waals surface area contributed by atoms with Crippen molar-refractivity contribution in [2.24, 2.45) is 0 Å². The van der Waals surface area contributed by atoms with Gasteiger partial charge in [-0.2, -0.15) is 0 Å². The van der Waals surface area contributed by atoms with Crippen molar-refractivity contribution in [1.82, 2.24) is 15.3 Å². The summed E-state index contributed by atoms with van der Waals surface area (Å²) in [5.74, 6) is 0.259. The summed E-state index contributed by atoms with van der Waals surface area (Å²) in [6, 6.07) is 7.65. The van der Waals surface area contributed by atoms with Crippen LogP contribution in [0.15, 0.2) is 24.3 Å². The maximum Gasteiger partial charge on any atom is 0.240 e. The van der Waals surface area contributed by atoms with Gasteiger partial charge in [0.05, 0.1) is 11.0 Å². The highest BCUT2D eigenvalue weighted by atomic mass is 32.2. The molecule has 0 aliphatic heterocycles. The van der Waals surface area contributed by atoms with E-state index in [9.17, 15) is 13.2 Å². The summed E-state index contributed by atoms with van der Waals surface area (Å²) in [5.41, 5.74) is 1.81. The van der Waals surface area contributed by atoms with Gasteiger partial charge in [0.1, 0.15) is 10.6 Å². The number of aromatic nitrogens is 2. The molecule has 2 aromatic rings. The Hall–Kier alpha value is -1.89. The third-order valence-electron chi connectivity index (χ3n) is 3.56. The second kappa shape index (κ2) is 5.48. The zero-order valence-corrected chi connectivity index (χ0v) is 13.1. The molecular formula is C14H19N3O3S. The van der Waals surface area contributed by atoms with E-state index in [1.807, 2.05) is 24.3 Å². The number of sulfone groups is 1. The van der Waals surface area contributed by atoms with Gasteiger partial charge in [-0.05, 0) is 26.0 Å². The van der Waals surface area contributed by atoms with Gasteiger partial charge >= 0.3 is 0 Å². The van der Waals surface area contributed by atoms with Gasteiger partial charge in [0.15, 0.2) is 9.84 Å². The quantitative estimate of drug-likeness (QED) is 0.863. The molecule has 6 nitrogen and oxygen atoms in total. The molecule has 0 bridgehead atoms. The van der Waals surface area contributed by atoms with Crippen LogP contribution in [0.4, 0.5) is 0 Å². The number of hydrogen-bond donors (Lipinski definition) is 2. The predicted octanol–water partition coefficient (Wildman–Crippen LogP) is 1.04. The third kappa shape index (κ3) is 3.24. The second-order valence-corrected chi connectivity index (χ2v) is 8.05. The van der Waals surface area contributed by atoms with Crippen molar-refractivity contribution in [2.75, 3.05) is 12.8 Å². The second-order valence-electron chi connectivity index (χ2n) is 5.49. The van der Waals surface area contributed by atoms with Crippen LogP contribution in [0.25, 0.3) is 11.0 Å². The van der Waals surface area contributed by atoms with Gasteiger partial charge < -0.3 is 10.3 Å². The molecule has 7 heteroatoms. The van der Waals surface area contributed by atoms with E-state index in [0.717, 1.165) is 23.1 Å². The van der Waals surface area contributed by atoms with E-state index in [2.05, 4.69) is 15.3 Å². The fraction of sp³-hybridized carbons (Fsp3) is 0.429. The van der Waals surface area contributed by atoms with E-state index in [-0.39, 0.29) is 0 Å². The van der Waals surface area contributed by atoms with Crippen LogP contribution in [0.1, 0.15) is 19.7 Å². The lowest BCUT2D eigenvalue weighted by atomic mass is 10.2. The first-order valence-corrected chi connectivity index (χ1v) is 8.52. The molecule has 1 amide bonds. The molecule has 0 saturated carbocycles. The molecule has 0 saturated heterocycles. The zero-order chi connectivity index (χ0) is 15.7. The Kier molecular flexibility index (Phi) is 4.04. The Morgan fingerprint density at radius 3 is 2.62 bits per heavy atom. The van der Waals surface area contributed by atoms with Gasteiger partial charge in [-0.1, -0.05) is 12.1 Å². The smallest absolute Gasteiger partial charge is 0.240 e. The summed E-state index contributed by atoms with van der Waals surface area (Å²) in [7, 11) is -3.45. The fourth-order valence-electron chi connectivity index (χ4n) is 1.80. The van der Waals surface area contributed by atoms with Crippen molar-refractivity contribution in [3.63, 3.8) is 0 Å². The van der Waals surface area contributed by atoms with Crippen molar-refractivity contribution in [3.8, 4) is 0 Å². The highest BCUT2D eigenvalue weighted by Gasteiger charge is 2.38. The van der Waals surface area contributed by atoms with Gasteiger partial charge in [0.2, 0.25) is 5.91 Å². The number of nitrogens with zero attached hydrogens (tertiary/aromatic N) is 1. The van der Waals surface area contributed by atoms with Crippen LogP contribution in [0, 0.1) is 0 Å². The molecule has 0 spiro atoms. The number of rotatable bonds is 5. The van der Waals surface area contributed by atoms with Gasteiger partial charge in [-0.25, -0.2) is 13.4 Å². The number of benzene rings is 1. The van der Waals surface area contributed by atoms with Gasteiger partial charge in [-0.15, -0.1) is 0 Å². The summed E-state index contributed by atoms with van der Waals surface area (Å²) in [4.78, 5) is 19.5. The monoisotopic (exact) mass is 309 g/mol. The molecule has 0 fully saturated rings. The lowest BCUT2D eigenvalue weighted by Gasteiger charge is -2.21. The Labute approximate surface area is 123 Å². The number of para-hydroxylation sites is 2. The Morgan fingerprint density at radius 1 is 1.33 bits per heavy atom. The molecule has 1 aromatic carbocycles. The van der Waals surface area contributed by atoms with Crippen LogP contribution in [0.5, 0.6) is 0 Å². The average Bonchev–Trinajstić information content (AvgIpc) is 2.79. The maximum atomic E-state index is 12.0. The minimum absolute atomic E-state index is 0.331. The number of aromatic amines is 1. The molecule has 2 rings (SSSR count). The molecule has 114 valence electrons. The molecule has 0 unspecified atom stereocenters. The summed E-state index contributed by atoms with van der Waals surface area (Å²) in [5, 5.41) is 2.64. The van der Waals surface area contributed by atoms with Crippen LogP contribution < -0.4 is 5.32 Å². The highest BCUT2D eigenvalue weighted by molar-refractivity contribution is 7.92. The van der Waals surface area contributed by atoms with E-state index >= 15 is 0 Å². The van der Waals surface area contributed by atoms with E-state index in [1.165, 1.54) is 13.8 Å².